The van der Waals surface area contributed by atoms with Gasteiger partial charge in [-0.25, -0.2) is 0 Å². The molecule has 0 aliphatic heterocycles. The fourth-order valence-corrected chi connectivity index (χ4v) is 2.56. The van der Waals surface area contributed by atoms with Crippen LogP contribution in [-0.2, 0) is 11.2 Å². The van der Waals surface area contributed by atoms with E-state index in [-0.39, 0.29) is 12.3 Å². The zero-order valence-electron chi connectivity index (χ0n) is 13.2. The Kier molecular flexibility index (Phi) is 4.24. The van der Waals surface area contributed by atoms with E-state index in [9.17, 15) is 4.79 Å². The van der Waals surface area contributed by atoms with E-state index in [0.717, 1.165) is 33.6 Å². The van der Waals surface area contributed by atoms with Gasteiger partial charge in [-0.15, -0.1) is 0 Å². The molecule has 1 aromatic heterocycles. The average Bonchev–Trinajstić information content (AvgIpc) is 2.56. The van der Waals surface area contributed by atoms with Crippen LogP contribution in [0.1, 0.15) is 11.3 Å². The number of pyridine rings is 1. The number of nitrogens with one attached hydrogen (secondary N) is 1. The maximum Gasteiger partial charge on any atom is 0.228 e. The number of aryl methyl sites for hydroxylation is 1. The first-order chi connectivity index (χ1) is 11.2. The smallest absolute Gasteiger partial charge is 0.228 e. The third kappa shape index (κ3) is 3.31. The normalized spacial score (nSPS) is 10.5. The fraction of sp³-hybridized carbons (Fsp3) is 0.158. The summed E-state index contributed by atoms with van der Waals surface area (Å²) in [5, 5.41) is 3.96. The Morgan fingerprint density at radius 1 is 1.09 bits per heavy atom. The van der Waals surface area contributed by atoms with Crippen LogP contribution in [0.3, 0.4) is 0 Å². The minimum Gasteiger partial charge on any atom is -0.496 e. The summed E-state index contributed by atoms with van der Waals surface area (Å²) in [6, 6.07) is 17.3. The van der Waals surface area contributed by atoms with Gasteiger partial charge in [0.25, 0.3) is 0 Å². The van der Waals surface area contributed by atoms with Crippen molar-refractivity contribution in [1.29, 1.82) is 0 Å². The number of anilines is 1. The molecular formula is C19H18N2O2. The first-order valence-electron chi connectivity index (χ1n) is 7.45. The summed E-state index contributed by atoms with van der Waals surface area (Å²) in [6.07, 6.45) is 0.256. The fourth-order valence-electron chi connectivity index (χ4n) is 2.56. The molecule has 3 aromatic rings. The largest absolute Gasteiger partial charge is 0.496 e. The lowest BCUT2D eigenvalue weighted by Gasteiger charge is -2.10. The number of nitrogens with zero attached hydrogens (tertiary/aromatic N) is 1. The summed E-state index contributed by atoms with van der Waals surface area (Å²) in [5.74, 6) is 0.625. The summed E-state index contributed by atoms with van der Waals surface area (Å²) in [7, 11) is 1.61. The molecule has 0 aliphatic carbocycles. The molecule has 1 N–H and O–H groups in total. The Morgan fingerprint density at radius 2 is 1.91 bits per heavy atom. The van der Waals surface area contributed by atoms with Gasteiger partial charge >= 0.3 is 0 Å². The summed E-state index contributed by atoms with van der Waals surface area (Å²) in [5.41, 5.74) is 3.31. The highest BCUT2D eigenvalue weighted by molar-refractivity contribution is 6.01. The topological polar surface area (TPSA) is 51.2 Å². The van der Waals surface area contributed by atoms with E-state index in [4.69, 9.17) is 4.74 Å². The van der Waals surface area contributed by atoms with E-state index in [2.05, 4.69) is 10.3 Å². The van der Waals surface area contributed by atoms with Gasteiger partial charge in [0.15, 0.2) is 0 Å². The van der Waals surface area contributed by atoms with Gasteiger partial charge in [-0.1, -0.05) is 36.4 Å². The Balaban J connectivity index is 1.84. The lowest BCUT2D eigenvalue weighted by Crippen LogP contribution is -2.15. The summed E-state index contributed by atoms with van der Waals surface area (Å²) >= 11 is 0. The van der Waals surface area contributed by atoms with E-state index in [1.807, 2.05) is 61.5 Å². The van der Waals surface area contributed by atoms with Gasteiger partial charge in [-0.05, 0) is 25.1 Å². The van der Waals surface area contributed by atoms with Gasteiger partial charge in [0.1, 0.15) is 5.75 Å². The molecule has 116 valence electrons. The maximum atomic E-state index is 12.4. The molecule has 1 heterocycles. The number of hydrogen-bond donors (Lipinski definition) is 1. The molecule has 1 amide bonds. The molecule has 0 fully saturated rings. The molecule has 0 saturated carbocycles. The lowest BCUT2D eigenvalue weighted by atomic mass is 10.1. The molecule has 4 heteroatoms. The third-order valence-corrected chi connectivity index (χ3v) is 3.68. The highest BCUT2D eigenvalue weighted by Crippen LogP contribution is 2.23. The monoisotopic (exact) mass is 306 g/mol. The second kappa shape index (κ2) is 6.48. The van der Waals surface area contributed by atoms with Gasteiger partial charge in [-0.2, -0.15) is 0 Å². The number of benzene rings is 2. The minimum atomic E-state index is -0.0923. The summed E-state index contributed by atoms with van der Waals surface area (Å²) in [6.45, 7) is 1.94. The van der Waals surface area contributed by atoms with Gasteiger partial charge in [0, 0.05) is 16.6 Å². The molecular weight excluding hydrogens is 288 g/mol. The number of hydrogen-bond acceptors (Lipinski definition) is 3. The van der Waals surface area contributed by atoms with E-state index >= 15 is 0 Å². The molecule has 23 heavy (non-hydrogen) atoms. The van der Waals surface area contributed by atoms with E-state index in [1.165, 1.54) is 0 Å². The van der Waals surface area contributed by atoms with Gasteiger partial charge in [-0.3, -0.25) is 9.78 Å². The molecule has 0 saturated heterocycles. The zero-order chi connectivity index (χ0) is 16.2. The molecule has 4 nitrogen and oxygen atoms in total. The Hall–Kier alpha value is -2.88. The van der Waals surface area contributed by atoms with Crippen molar-refractivity contribution in [3.8, 4) is 5.75 Å². The van der Waals surface area contributed by atoms with Gasteiger partial charge in [0.05, 0.1) is 24.7 Å². The first kappa shape index (κ1) is 15.0. The second-order valence-electron chi connectivity index (χ2n) is 5.37. The van der Waals surface area contributed by atoms with Crippen molar-refractivity contribution in [2.24, 2.45) is 0 Å². The Morgan fingerprint density at radius 3 is 2.74 bits per heavy atom. The molecule has 2 aromatic carbocycles. The van der Waals surface area contributed by atoms with Crippen molar-refractivity contribution in [2.45, 2.75) is 13.3 Å². The molecule has 0 spiro atoms. The highest BCUT2D eigenvalue weighted by Gasteiger charge is 2.10. The number of carbonyl (C=O) groups is 1. The van der Waals surface area contributed by atoms with Crippen LogP contribution in [0.5, 0.6) is 5.75 Å². The molecule has 0 radical (unpaired) electrons. The van der Waals surface area contributed by atoms with Gasteiger partial charge in [0.2, 0.25) is 5.91 Å². The van der Waals surface area contributed by atoms with Crippen molar-refractivity contribution in [1.82, 2.24) is 4.98 Å². The lowest BCUT2D eigenvalue weighted by molar-refractivity contribution is -0.115. The van der Waals surface area contributed by atoms with Crippen molar-refractivity contribution in [3.05, 3.63) is 65.9 Å². The number of aromatic nitrogens is 1. The number of fused-ring (bicyclic) bond motifs is 1. The van der Waals surface area contributed by atoms with E-state index in [1.54, 1.807) is 7.11 Å². The quantitative estimate of drug-likeness (QED) is 0.799. The predicted octanol–water partition coefficient (Wildman–Crippen LogP) is 3.73. The van der Waals surface area contributed by atoms with Crippen molar-refractivity contribution < 1.29 is 9.53 Å². The molecule has 3 rings (SSSR count). The van der Waals surface area contributed by atoms with Crippen molar-refractivity contribution >= 4 is 22.5 Å². The SMILES string of the molecule is COc1ccccc1CC(=O)Nc1cccc2ccc(C)nc12. The van der Waals surface area contributed by atoms with Crippen LogP contribution in [0.4, 0.5) is 5.69 Å². The number of ether oxygens (including phenoxy) is 1. The number of carbonyl (C=O) groups excluding carboxylic acids is 1. The van der Waals surface area contributed by atoms with Crippen molar-refractivity contribution in [2.75, 3.05) is 12.4 Å². The number of para-hydroxylation sites is 2. The zero-order valence-corrected chi connectivity index (χ0v) is 13.2. The third-order valence-electron chi connectivity index (χ3n) is 3.68. The van der Waals surface area contributed by atoms with Crippen LogP contribution in [0.2, 0.25) is 0 Å². The first-order valence-corrected chi connectivity index (χ1v) is 7.45. The molecule has 0 atom stereocenters. The van der Waals surface area contributed by atoms with Crippen LogP contribution in [0.15, 0.2) is 54.6 Å². The van der Waals surface area contributed by atoms with E-state index < -0.39 is 0 Å². The van der Waals surface area contributed by atoms with Crippen LogP contribution in [0, 0.1) is 6.92 Å². The Labute approximate surface area is 135 Å². The Bertz CT molecular complexity index is 859. The van der Waals surface area contributed by atoms with Crippen LogP contribution >= 0.6 is 0 Å². The molecule has 0 aliphatic rings. The van der Waals surface area contributed by atoms with E-state index in [0.29, 0.717) is 0 Å². The number of methoxy groups -OCH3 is 1. The van der Waals surface area contributed by atoms with Crippen LogP contribution in [-0.4, -0.2) is 18.0 Å². The second-order valence-corrected chi connectivity index (χ2v) is 5.37. The highest BCUT2D eigenvalue weighted by atomic mass is 16.5. The predicted molar refractivity (Wildman–Crippen MR) is 91.8 cm³/mol. The standard InChI is InChI=1S/C19H18N2O2/c1-13-10-11-14-7-5-8-16(19(14)20-13)21-18(22)12-15-6-3-4-9-17(15)23-2/h3-11H,12H2,1-2H3,(H,21,22). The number of amides is 1. The minimum absolute atomic E-state index is 0.0923. The average molecular weight is 306 g/mol. The maximum absolute atomic E-state index is 12.4. The summed E-state index contributed by atoms with van der Waals surface area (Å²) < 4.78 is 5.29. The molecule has 0 bridgehead atoms. The number of rotatable bonds is 4. The van der Waals surface area contributed by atoms with Crippen LogP contribution in [0.25, 0.3) is 10.9 Å². The van der Waals surface area contributed by atoms with Gasteiger partial charge < -0.3 is 10.1 Å². The van der Waals surface area contributed by atoms with Crippen molar-refractivity contribution in [3.63, 3.8) is 0 Å². The summed E-state index contributed by atoms with van der Waals surface area (Å²) in [4.78, 5) is 16.9. The molecule has 0 unspecified atom stereocenters. The van der Waals surface area contributed by atoms with Crippen LogP contribution < -0.4 is 10.1 Å².